The molecule has 0 aliphatic rings. The molecule has 0 radical (unpaired) electrons. The lowest BCUT2D eigenvalue weighted by Gasteiger charge is -2.27. The van der Waals surface area contributed by atoms with Crippen molar-refractivity contribution in [3.8, 4) is 5.75 Å². The fourth-order valence-corrected chi connectivity index (χ4v) is 4.28. The van der Waals surface area contributed by atoms with Gasteiger partial charge in [0.15, 0.2) is 15.8 Å². The molecule has 0 bridgehead atoms. The predicted molar refractivity (Wildman–Crippen MR) is 98.9 cm³/mol. The van der Waals surface area contributed by atoms with E-state index in [4.69, 9.17) is 4.74 Å². The highest BCUT2D eigenvalue weighted by Gasteiger charge is 2.49. The average molecular weight is 506 g/mol. The van der Waals surface area contributed by atoms with Gasteiger partial charge in [0.25, 0.3) is 0 Å². The van der Waals surface area contributed by atoms with Crippen LogP contribution in [0.25, 0.3) is 10.2 Å². The number of rotatable bonds is 5. The number of hydrogen-bond donors (Lipinski definition) is 1. The van der Waals surface area contributed by atoms with Crippen molar-refractivity contribution in [2.45, 2.75) is 44.9 Å². The zero-order chi connectivity index (χ0) is 21.7. The minimum Gasteiger partial charge on any atom is -0.479 e. The number of aryl methyl sites for hydroxylation is 1. The summed E-state index contributed by atoms with van der Waals surface area (Å²) in [6.45, 7) is 6.05. The Hall–Kier alpha value is -1.44. The third-order valence-corrected chi connectivity index (χ3v) is 5.76. The van der Waals surface area contributed by atoms with Crippen LogP contribution in [-0.4, -0.2) is 35.6 Å². The van der Waals surface area contributed by atoms with Crippen LogP contribution in [0.1, 0.15) is 38.0 Å². The first-order valence-corrected chi connectivity index (χ1v) is 10.6. The van der Waals surface area contributed by atoms with Gasteiger partial charge in [-0.1, -0.05) is 0 Å². The summed E-state index contributed by atoms with van der Waals surface area (Å²) < 4.78 is 72.1. The zero-order valence-corrected chi connectivity index (χ0v) is 18.1. The van der Waals surface area contributed by atoms with E-state index in [2.05, 4.69) is 25.1 Å². The Kier molecular flexibility index (Phi) is 6.06. The third kappa shape index (κ3) is 4.75. The van der Waals surface area contributed by atoms with Crippen molar-refractivity contribution in [1.29, 1.82) is 0 Å². The van der Waals surface area contributed by atoms with Crippen LogP contribution < -0.4 is 4.18 Å². The van der Waals surface area contributed by atoms with Gasteiger partial charge in [-0.25, -0.2) is 9.78 Å². The maximum Gasteiger partial charge on any atom is 0.534 e. The number of carboxylic acids is 1. The Labute approximate surface area is 170 Å². The van der Waals surface area contributed by atoms with Gasteiger partial charge in [-0.3, -0.25) is 0 Å². The first-order chi connectivity index (χ1) is 12.5. The number of aliphatic carboxylic acids is 1. The van der Waals surface area contributed by atoms with Crippen molar-refractivity contribution in [3.63, 3.8) is 0 Å². The molecule has 0 saturated carbocycles. The molecule has 156 valence electrons. The van der Waals surface area contributed by atoms with Crippen LogP contribution in [0.4, 0.5) is 13.2 Å². The molecule has 1 heterocycles. The van der Waals surface area contributed by atoms with Crippen LogP contribution >= 0.6 is 27.3 Å². The monoisotopic (exact) mass is 505 g/mol. The van der Waals surface area contributed by atoms with Crippen molar-refractivity contribution in [2.75, 3.05) is 0 Å². The lowest BCUT2D eigenvalue weighted by molar-refractivity contribution is -0.160. The van der Waals surface area contributed by atoms with E-state index in [1.165, 1.54) is 13.0 Å². The molecule has 1 aromatic carbocycles. The molecule has 2 rings (SSSR count). The van der Waals surface area contributed by atoms with Gasteiger partial charge in [-0.15, -0.1) is 11.3 Å². The minimum atomic E-state index is -6.06. The molecule has 2 aromatic rings. The topological polar surface area (TPSA) is 103 Å². The second-order valence-corrected chi connectivity index (χ2v) is 10.5. The van der Waals surface area contributed by atoms with E-state index in [9.17, 15) is 31.5 Å². The van der Waals surface area contributed by atoms with Gasteiger partial charge in [-0.2, -0.15) is 21.6 Å². The normalized spacial score (nSPS) is 14.3. The third-order valence-electron chi connectivity index (χ3n) is 3.29. The van der Waals surface area contributed by atoms with E-state index < -0.39 is 39.1 Å². The molecule has 7 nitrogen and oxygen atoms in total. The number of carboxylic acid groups (broad SMARTS) is 1. The highest BCUT2D eigenvalue weighted by Crippen LogP contribution is 2.44. The van der Waals surface area contributed by atoms with Crippen molar-refractivity contribution in [2.24, 2.45) is 0 Å². The van der Waals surface area contributed by atoms with E-state index in [1.807, 2.05) is 0 Å². The number of thiazole rings is 1. The van der Waals surface area contributed by atoms with Gasteiger partial charge in [0, 0.05) is 5.56 Å². The van der Waals surface area contributed by atoms with Crippen LogP contribution in [0, 0.1) is 6.92 Å². The molecule has 28 heavy (non-hydrogen) atoms. The highest BCUT2D eigenvalue weighted by molar-refractivity contribution is 9.11. The van der Waals surface area contributed by atoms with E-state index in [0.717, 1.165) is 11.3 Å². The number of fused-ring (bicyclic) bond motifs is 1. The zero-order valence-electron chi connectivity index (χ0n) is 14.9. The first kappa shape index (κ1) is 22.8. The summed E-state index contributed by atoms with van der Waals surface area (Å²) in [4.78, 5) is 15.8. The molecule has 0 spiro atoms. The summed E-state index contributed by atoms with van der Waals surface area (Å²) in [5, 5.41) is 9.60. The van der Waals surface area contributed by atoms with Crippen molar-refractivity contribution in [1.82, 2.24) is 4.98 Å². The number of aromatic nitrogens is 1. The predicted octanol–water partition coefficient (Wildman–Crippen LogP) is 4.54. The van der Waals surface area contributed by atoms with Crippen molar-refractivity contribution in [3.05, 3.63) is 21.1 Å². The van der Waals surface area contributed by atoms with Gasteiger partial charge >= 0.3 is 21.6 Å². The molecule has 1 N–H and O–H groups in total. The molecule has 0 amide bonds. The van der Waals surface area contributed by atoms with Gasteiger partial charge in [-0.05, 0) is 55.3 Å². The van der Waals surface area contributed by atoms with E-state index in [0.29, 0.717) is 0 Å². The summed E-state index contributed by atoms with van der Waals surface area (Å²) >= 11 is 3.87. The molecule has 13 heteroatoms. The van der Waals surface area contributed by atoms with Crippen LogP contribution in [0.2, 0.25) is 0 Å². The maximum atomic E-state index is 12.9. The quantitative estimate of drug-likeness (QED) is 0.470. The van der Waals surface area contributed by atoms with Crippen molar-refractivity contribution < 1.29 is 40.4 Å². The second-order valence-electron chi connectivity index (χ2n) is 6.68. The summed E-state index contributed by atoms with van der Waals surface area (Å²) in [5.41, 5.74) is -6.75. The molecular formula is C15H15BrF3NO6S2. The minimum absolute atomic E-state index is 0.0657. The van der Waals surface area contributed by atoms with Crippen LogP contribution in [-0.2, 0) is 19.6 Å². The van der Waals surface area contributed by atoms with E-state index in [1.54, 1.807) is 20.8 Å². The fourth-order valence-electron chi connectivity index (χ4n) is 2.30. The van der Waals surface area contributed by atoms with Crippen molar-refractivity contribution >= 4 is 53.6 Å². The summed E-state index contributed by atoms with van der Waals surface area (Å²) in [5.74, 6) is -2.29. The maximum absolute atomic E-state index is 12.9. The molecule has 0 aliphatic carbocycles. The van der Waals surface area contributed by atoms with Crippen LogP contribution in [0.15, 0.2) is 9.98 Å². The lowest BCUT2D eigenvalue weighted by atomic mass is 10.0. The first-order valence-electron chi connectivity index (χ1n) is 7.54. The van der Waals surface area contributed by atoms with Gasteiger partial charge < -0.3 is 14.0 Å². The molecule has 0 fully saturated rings. The molecular weight excluding hydrogens is 491 g/mol. The smallest absolute Gasteiger partial charge is 0.479 e. The Morgan fingerprint density at radius 3 is 2.36 bits per heavy atom. The van der Waals surface area contributed by atoms with E-state index >= 15 is 0 Å². The van der Waals surface area contributed by atoms with Crippen LogP contribution in [0.5, 0.6) is 5.75 Å². The van der Waals surface area contributed by atoms with E-state index in [-0.39, 0.29) is 25.3 Å². The number of carbonyl (C=O) groups is 1. The molecule has 0 aliphatic heterocycles. The number of hydrogen-bond acceptors (Lipinski definition) is 7. The number of alkyl halides is 3. The Morgan fingerprint density at radius 1 is 1.32 bits per heavy atom. The fraction of sp³-hybridized carbons (Fsp3) is 0.467. The highest BCUT2D eigenvalue weighted by atomic mass is 79.9. The Bertz CT molecular complexity index is 1030. The SMILES string of the molecule is Cc1cc2nc(Br)sc2c(OS(=O)(=O)C(F)(F)F)c1C(OC(C)(C)C)C(=O)O. The van der Waals surface area contributed by atoms with Crippen LogP contribution in [0.3, 0.4) is 0 Å². The van der Waals surface area contributed by atoms with Gasteiger partial charge in [0.2, 0.25) is 0 Å². The summed E-state index contributed by atoms with van der Waals surface area (Å²) in [6, 6.07) is 1.42. The number of benzene rings is 1. The lowest BCUT2D eigenvalue weighted by Crippen LogP contribution is -2.31. The number of ether oxygens (including phenoxy) is 1. The summed E-state index contributed by atoms with van der Waals surface area (Å²) in [7, 11) is -6.06. The average Bonchev–Trinajstić information content (AvgIpc) is 2.83. The largest absolute Gasteiger partial charge is 0.534 e. The molecule has 1 unspecified atom stereocenters. The molecule has 0 saturated heterocycles. The Balaban J connectivity index is 2.84. The standard InChI is InChI=1S/C15H15BrF3NO6S2/c1-6-5-7-11(27-13(16)20-7)9(26-28(23,24)15(17,18)19)8(6)10(12(21)22)25-14(2,3)4/h5,10H,1-4H3,(H,21,22). The second kappa shape index (κ2) is 7.43. The summed E-state index contributed by atoms with van der Waals surface area (Å²) in [6.07, 6.45) is -1.77. The molecule has 1 atom stereocenters. The Morgan fingerprint density at radius 2 is 1.89 bits per heavy atom. The number of halogens is 4. The van der Waals surface area contributed by atoms with Gasteiger partial charge in [0.05, 0.1) is 15.8 Å². The van der Waals surface area contributed by atoms with Gasteiger partial charge in [0.1, 0.15) is 0 Å². The number of nitrogens with zero attached hydrogens (tertiary/aromatic N) is 1. The molecule has 1 aromatic heterocycles.